The molecule has 1 saturated heterocycles. The maximum Gasteiger partial charge on any atom is 0.407 e. The van der Waals surface area contributed by atoms with E-state index in [4.69, 9.17) is 9.47 Å². The summed E-state index contributed by atoms with van der Waals surface area (Å²) in [7, 11) is 0. The molecule has 0 bridgehead atoms. The number of carbonyl (C=O) groups is 1. The Balaban J connectivity index is 1.41. The van der Waals surface area contributed by atoms with Crippen LogP contribution in [0.2, 0.25) is 0 Å². The van der Waals surface area contributed by atoms with Crippen LogP contribution in [0.1, 0.15) is 24.8 Å². The third kappa shape index (κ3) is 2.82. The average molecular weight is 247 g/mol. The molecule has 1 heterocycles. The number of amides is 1. The van der Waals surface area contributed by atoms with Crippen LogP contribution in [0.4, 0.5) is 4.79 Å². The van der Waals surface area contributed by atoms with Crippen LogP contribution in [0.5, 0.6) is 0 Å². The summed E-state index contributed by atoms with van der Waals surface area (Å²) in [5.41, 5.74) is 1.00. The highest BCUT2D eigenvalue weighted by atomic mass is 16.6. The Morgan fingerprint density at radius 2 is 2.11 bits per heavy atom. The van der Waals surface area contributed by atoms with E-state index >= 15 is 0 Å². The quantitative estimate of drug-likeness (QED) is 0.833. The monoisotopic (exact) mass is 247 g/mol. The molecule has 1 N–H and O–H groups in total. The van der Waals surface area contributed by atoms with Gasteiger partial charge in [0.25, 0.3) is 0 Å². The predicted molar refractivity (Wildman–Crippen MR) is 66.1 cm³/mol. The van der Waals surface area contributed by atoms with Gasteiger partial charge in [0, 0.05) is 6.04 Å². The van der Waals surface area contributed by atoms with Gasteiger partial charge in [0.2, 0.25) is 0 Å². The third-order valence-corrected chi connectivity index (χ3v) is 3.54. The topological polar surface area (TPSA) is 50.9 Å². The second kappa shape index (κ2) is 4.98. The smallest absolute Gasteiger partial charge is 0.407 e. The number of nitrogens with one attached hydrogen (secondary N) is 1. The van der Waals surface area contributed by atoms with Crippen molar-refractivity contribution in [3.63, 3.8) is 0 Å². The van der Waals surface area contributed by atoms with Gasteiger partial charge < -0.3 is 14.8 Å². The standard InChI is InChI=1S/C14H17NO3/c16-14(17-9-10-4-2-1-3-5-10)15-11-6-7-12-13(8-11)18-12/h1-5,11-13H,6-9H2,(H,15,16)/t11-,12+,13?/m1/s1. The summed E-state index contributed by atoms with van der Waals surface area (Å²) < 4.78 is 10.6. The number of ether oxygens (including phenoxy) is 2. The number of hydrogen-bond donors (Lipinski definition) is 1. The van der Waals surface area contributed by atoms with Crippen LogP contribution < -0.4 is 5.32 Å². The van der Waals surface area contributed by atoms with E-state index in [0.717, 1.165) is 24.8 Å². The highest BCUT2D eigenvalue weighted by Gasteiger charge is 2.44. The summed E-state index contributed by atoms with van der Waals surface area (Å²) in [4.78, 5) is 11.6. The van der Waals surface area contributed by atoms with Crippen LogP contribution in [0.3, 0.4) is 0 Å². The predicted octanol–water partition coefficient (Wildman–Crippen LogP) is 2.23. The molecule has 0 aromatic heterocycles. The van der Waals surface area contributed by atoms with Crippen molar-refractivity contribution in [2.75, 3.05) is 0 Å². The minimum Gasteiger partial charge on any atom is -0.445 e. The van der Waals surface area contributed by atoms with Crippen molar-refractivity contribution in [1.82, 2.24) is 5.32 Å². The average Bonchev–Trinajstić information content (AvgIpc) is 3.16. The maximum atomic E-state index is 11.6. The lowest BCUT2D eigenvalue weighted by atomic mass is 9.96. The summed E-state index contributed by atoms with van der Waals surface area (Å²) in [6, 6.07) is 9.90. The normalized spacial score (nSPS) is 29.2. The first-order valence-corrected chi connectivity index (χ1v) is 6.44. The molecule has 1 aliphatic carbocycles. The number of epoxide rings is 1. The number of alkyl carbamates (subject to hydrolysis) is 1. The van der Waals surface area contributed by atoms with E-state index in [-0.39, 0.29) is 12.1 Å². The Morgan fingerprint density at radius 3 is 2.89 bits per heavy atom. The van der Waals surface area contributed by atoms with Crippen LogP contribution >= 0.6 is 0 Å². The van der Waals surface area contributed by atoms with E-state index in [2.05, 4.69) is 5.32 Å². The fraction of sp³-hybridized carbons (Fsp3) is 0.500. The summed E-state index contributed by atoms with van der Waals surface area (Å²) in [6.45, 7) is 0.321. The summed E-state index contributed by atoms with van der Waals surface area (Å²) in [6.07, 6.45) is 3.46. The lowest BCUT2D eigenvalue weighted by Gasteiger charge is -2.19. The lowest BCUT2D eigenvalue weighted by Crippen LogP contribution is -2.38. The van der Waals surface area contributed by atoms with Crippen molar-refractivity contribution >= 4 is 6.09 Å². The van der Waals surface area contributed by atoms with Crippen molar-refractivity contribution in [3.8, 4) is 0 Å². The molecule has 1 amide bonds. The van der Waals surface area contributed by atoms with Crippen LogP contribution in [0, 0.1) is 0 Å². The molecule has 2 aliphatic rings. The third-order valence-electron chi connectivity index (χ3n) is 3.54. The first kappa shape index (κ1) is 11.5. The first-order valence-electron chi connectivity index (χ1n) is 6.44. The van der Waals surface area contributed by atoms with Gasteiger partial charge in [0.1, 0.15) is 6.61 Å². The molecular weight excluding hydrogens is 230 g/mol. The van der Waals surface area contributed by atoms with Crippen molar-refractivity contribution in [3.05, 3.63) is 35.9 Å². The molecule has 2 fully saturated rings. The van der Waals surface area contributed by atoms with Crippen LogP contribution in [0.25, 0.3) is 0 Å². The molecular formula is C14H17NO3. The van der Waals surface area contributed by atoms with Crippen molar-refractivity contribution < 1.29 is 14.3 Å². The van der Waals surface area contributed by atoms with Gasteiger partial charge in [-0.05, 0) is 24.8 Å². The van der Waals surface area contributed by atoms with E-state index in [1.165, 1.54) is 0 Å². The Kier molecular flexibility index (Phi) is 3.19. The highest BCUT2D eigenvalue weighted by Crippen LogP contribution is 2.36. The molecule has 96 valence electrons. The van der Waals surface area contributed by atoms with Gasteiger partial charge in [-0.3, -0.25) is 0 Å². The van der Waals surface area contributed by atoms with Gasteiger partial charge in [0.05, 0.1) is 12.2 Å². The maximum absolute atomic E-state index is 11.6. The Bertz CT molecular complexity index is 420. The Morgan fingerprint density at radius 1 is 1.28 bits per heavy atom. The van der Waals surface area contributed by atoms with Gasteiger partial charge in [-0.15, -0.1) is 0 Å². The van der Waals surface area contributed by atoms with Gasteiger partial charge in [-0.25, -0.2) is 4.79 Å². The lowest BCUT2D eigenvalue weighted by molar-refractivity contribution is 0.133. The van der Waals surface area contributed by atoms with E-state index in [0.29, 0.717) is 18.8 Å². The molecule has 0 radical (unpaired) electrons. The number of hydrogen-bond acceptors (Lipinski definition) is 3. The van der Waals surface area contributed by atoms with Crippen LogP contribution in [-0.4, -0.2) is 24.3 Å². The zero-order chi connectivity index (χ0) is 12.4. The Labute approximate surface area is 106 Å². The minimum atomic E-state index is -0.331. The molecule has 4 nitrogen and oxygen atoms in total. The number of carbonyl (C=O) groups excluding carboxylic acids is 1. The fourth-order valence-electron chi connectivity index (χ4n) is 2.47. The zero-order valence-corrected chi connectivity index (χ0v) is 10.2. The van der Waals surface area contributed by atoms with Crippen LogP contribution in [-0.2, 0) is 16.1 Å². The van der Waals surface area contributed by atoms with Gasteiger partial charge in [0.15, 0.2) is 0 Å². The molecule has 1 unspecified atom stereocenters. The fourth-order valence-corrected chi connectivity index (χ4v) is 2.47. The van der Waals surface area contributed by atoms with Gasteiger partial charge in [-0.2, -0.15) is 0 Å². The summed E-state index contributed by atoms with van der Waals surface area (Å²) in [5.74, 6) is 0. The van der Waals surface area contributed by atoms with E-state index in [1.54, 1.807) is 0 Å². The van der Waals surface area contributed by atoms with Crippen molar-refractivity contribution in [2.45, 2.75) is 44.1 Å². The Hall–Kier alpha value is -1.55. The van der Waals surface area contributed by atoms with E-state index in [9.17, 15) is 4.79 Å². The molecule has 1 aromatic rings. The SMILES string of the molecule is O=C(N[C@@H]1CC[C@@H]2OC2C1)OCc1ccccc1. The summed E-state index contributed by atoms with van der Waals surface area (Å²) in [5, 5.41) is 2.91. The number of fused-ring (bicyclic) bond motifs is 1. The molecule has 1 aliphatic heterocycles. The number of benzene rings is 1. The van der Waals surface area contributed by atoms with Crippen LogP contribution in [0.15, 0.2) is 30.3 Å². The summed E-state index contributed by atoms with van der Waals surface area (Å²) >= 11 is 0. The molecule has 1 aromatic carbocycles. The number of rotatable bonds is 3. The zero-order valence-electron chi connectivity index (χ0n) is 10.2. The molecule has 3 atom stereocenters. The minimum absolute atomic E-state index is 0.206. The van der Waals surface area contributed by atoms with E-state index < -0.39 is 0 Å². The first-order chi connectivity index (χ1) is 8.81. The highest BCUT2D eigenvalue weighted by molar-refractivity contribution is 5.67. The van der Waals surface area contributed by atoms with E-state index in [1.807, 2.05) is 30.3 Å². The molecule has 4 heteroatoms. The van der Waals surface area contributed by atoms with Gasteiger partial charge in [-0.1, -0.05) is 30.3 Å². The molecule has 1 saturated carbocycles. The largest absolute Gasteiger partial charge is 0.445 e. The molecule has 18 heavy (non-hydrogen) atoms. The van der Waals surface area contributed by atoms with Crippen molar-refractivity contribution in [1.29, 1.82) is 0 Å². The second-order valence-electron chi connectivity index (χ2n) is 4.93. The van der Waals surface area contributed by atoms with Crippen molar-refractivity contribution in [2.24, 2.45) is 0 Å². The molecule has 3 rings (SSSR count). The second-order valence-corrected chi connectivity index (χ2v) is 4.93. The van der Waals surface area contributed by atoms with Gasteiger partial charge >= 0.3 is 6.09 Å². The molecule has 0 spiro atoms.